The van der Waals surface area contributed by atoms with E-state index < -0.39 is 0 Å². The van der Waals surface area contributed by atoms with Crippen molar-refractivity contribution in [2.75, 3.05) is 7.05 Å². The molecule has 2 aromatic rings. The highest BCUT2D eigenvalue weighted by atomic mass is 79.9. The molecule has 2 aromatic heterocycles. The van der Waals surface area contributed by atoms with Crippen LogP contribution in [0, 0.1) is 6.92 Å². The van der Waals surface area contributed by atoms with E-state index in [1.165, 1.54) is 6.26 Å². The molecule has 1 amide bonds. The summed E-state index contributed by atoms with van der Waals surface area (Å²) >= 11 is 3.19. The Morgan fingerprint density at radius 3 is 2.71 bits per heavy atom. The first-order valence-corrected chi connectivity index (χ1v) is 5.91. The molecule has 0 bridgehead atoms. The average Bonchev–Trinajstić information content (AvgIpc) is 2.86. The second-order valence-electron chi connectivity index (χ2n) is 3.78. The van der Waals surface area contributed by atoms with Gasteiger partial charge in [0.1, 0.15) is 11.5 Å². The average molecular weight is 298 g/mol. The van der Waals surface area contributed by atoms with Gasteiger partial charge in [0.05, 0.1) is 18.4 Å². The van der Waals surface area contributed by atoms with Crippen LogP contribution in [0.15, 0.2) is 38.0 Å². The molecular weight excluding hydrogens is 286 g/mol. The third-order valence-corrected chi connectivity index (χ3v) is 3.00. The zero-order valence-corrected chi connectivity index (χ0v) is 11.2. The minimum atomic E-state index is -0.111. The molecule has 90 valence electrons. The predicted molar refractivity (Wildman–Crippen MR) is 65.7 cm³/mol. The number of hydrogen-bond acceptors (Lipinski definition) is 3. The first-order valence-electron chi connectivity index (χ1n) is 5.11. The quantitative estimate of drug-likeness (QED) is 0.874. The van der Waals surface area contributed by atoms with E-state index in [-0.39, 0.29) is 5.91 Å². The maximum Gasteiger partial charge on any atom is 0.258 e. The van der Waals surface area contributed by atoms with Gasteiger partial charge in [-0.3, -0.25) is 4.79 Å². The van der Waals surface area contributed by atoms with Crippen LogP contribution in [0.1, 0.15) is 21.9 Å². The van der Waals surface area contributed by atoms with Gasteiger partial charge in [0.25, 0.3) is 5.91 Å². The van der Waals surface area contributed by atoms with E-state index in [1.807, 2.05) is 19.1 Å². The molecule has 0 saturated carbocycles. The van der Waals surface area contributed by atoms with Crippen molar-refractivity contribution >= 4 is 21.8 Å². The molecule has 17 heavy (non-hydrogen) atoms. The number of halogens is 1. The van der Waals surface area contributed by atoms with E-state index >= 15 is 0 Å². The zero-order chi connectivity index (χ0) is 12.4. The summed E-state index contributed by atoms with van der Waals surface area (Å²) in [5, 5.41) is 0. The fourth-order valence-electron chi connectivity index (χ4n) is 1.53. The van der Waals surface area contributed by atoms with Crippen LogP contribution >= 0.6 is 15.9 Å². The first-order chi connectivity index (χ1) is 8.08. The van der Waals surface area contributed by atoms with Crippen molar-refractivity contribution in [1.82, 2.24) is 4.90 Å². The van der Waals surface area contributed by atoms with Gasteiger partial charge in [-0.2, -0.15) is 0 Å². The minimum Gasteiger partial charge on any atom is -0.464 e. The van der Waals surface area contributed by atoms with E-state index in [2.05, 4.69) is 15.9 Å². The van der Waals surface area contributed by atoms with Gasteiger partial charge >= 0.3 is 0 Å². The lowest BCUT2D eigenvalue weighted by Gasteiger charge is -2.14. The molecule has 0 aliphatic carbocycles. The van der Waals surface area contributed by atoms with Crippen LogP contribution in [-0.4, -0.2) is 17.9 Å². The maximum absolute atomic E-state index is 12.0. The van der Waals surface area contributed by atoms with Crippen LogP contribution in [0.3, 0.4) is 0 Å². The smallest absolute Gasteiger partial charge is 0.258 e. The lowest BCUT2D eigenvalue weighted by atomic mass is 10.3. The van der Waals surface area contributed by atoms with E-state index in [0.29, 0.717) is 16.8 Å². The number of aryl methyl sites for hydroxylation is 1. The van der Waals surface area contributed by atoms with Gasteiger partial charge in [0.2, 0.25) is 0 Å². The normalized spacial score (nSPS) is 10.5. The second-order valence-corrected chi connectivity index (χ2v) is 4.50. The summed E-state index contributed by atoms with van der Waals surface area (Å²) < 4.78 is 10.9. The van der Waals surface area contributed by atoms with E-state index in [0.717, 1.165) is 11.5 Å². The Hall–Kier alpha value is -1.49. The maximum atomic E-state index is 12.0. The van der Waals surface area contributed by atoms with Crippen molar-refractivity contribution < 1.29 is 13.6 Å². The molecule has 0 unspecified atom stereocenters. The molecule has 2 rings (SSSR count). The molecule has 0 N–H and O–H groups in total. The Morgan fingerprint density at radius 1 is 1.41 bits per heavy atom. The largest absolute Gasteiger partial charge is 0.464 e. The predicted octanol–water partition coefficient (Wildman–Crippen LogP) is 3.22. The molecule has 0 aliphatic heterocycles. The summed E-state index contributed by atoms with van der Waals surface area (Å²) in [6.45, 7) is 2.31. The third kappa shape index (κ3) is 2.61. The fourth-order valence-corrected chi connectivity index (χ4v) is 1.94. The van der Waals surface area contributed by atoms with E-state index in [9.17, 15) is 4.79 Å². The second kappa shape index (κ2) is 4.79. The van der Waals surface area contributed by atoms with Gasteiger partial charge in [0, 0.05) is 7.05 Å². The summed E-state index contributed by atoms with van der Waals surface area (Å²) in [7, 11) is 1.72. The van der Waals surface area contributed by atoms with Crippen LogP contribution < -0.4 is 0 Å². The van der Waals surface area contributed by atoms with Crippen molar-refractivity contribution in [2.24, 2.45) is 0 Å². The molecule has 2 heterocycles. The number of carbonyl (C=O) groups excluding carboxylic acids is 1. The number of rotatable bonds is 3. The number of amides is 1. The van der Waals surface area contributed by atoms with Crippen molar-refractivity contribution in [3.05, 3.63) is 46.2 Å². The van der Waals surface area contributed by atoms with Gasteiger partial charge < -0.3 is 13.7 Å². The Kier molecular flexibility index (Phi) is 3.38. The van der Waals surface area contributed by atoms with Crippen molar-refractivity contribution in [1.29, 1.82) is 0 Å². The Balaban J connectivity index is 2.08. The Bertz CT molecular complexity index is 529. The van der Waals surface area contributed by atoms with Crippen LogP contribution in [0.25, 0.3) is 0 Å². The molecule has 0 atom stereocenters. The lowest BCUT2D eigenvalue weighted by molar-refractivity contribution is 0.0773. The number of carbonyl (C=O) groups is 1. The third-order valence-electron chi connectivity index (χ3n) is 2.38. The molecule has 0 spiro atoms. The molecule has 0 aliphatic rings. The zero-order valence-electron chi connectivity index (χ0n) is 9.57. The lowest BCUT2D eigenvalue weighted by Crippen LogP contribution is -2.25. The van der Waals surface area contributed by atoms with E-state index in [1.54, 1.807) is 18.0 Å². The molecule has 0 saturated heterocycles. The SMILES string of the molecule is Cc1ccc(CN(C)C(=O)c2ccoc2Br)o1. The van der Waals surface area contributed by atoms with Gasteiger partial charge in [-0.15, -0.1) is 0 Å². The minimum absolute atomic E-state index is 0.111. The highest BCUT2D eigenvalue weighted by Crippen LogP contribution is 2.20. The van der Waals surface area contributed by atoms with Gasteiger partial charge in [0.15, 0.2) is 4.67 Å². The number of furan rings is 2. The molecule has 0 radical (unpaired) electrons. The molecule has 0 aromatic carbocycles. The summed E-state index contributed by atoms with van der Waals surface area (Å²) in [5.41, 5.74) is 0.510. The highest BCUT2D eigenvalue weighted by molar-refractivity contribution is 9.10. The summed E-state index contributed by atoms with van der Waals surface area (Å²) in [6.07, 6.45) is 1.47. The van der Waals surface area contributed by atoms with Crippen molar-refractivity contribution in [2.45, 2.75) is 13.5 Å². The highest BCUT2D eigenvalue weighted by Gasteiger charge is 2.17. The Morgan fingerprint density at radius 2 is 2.18 bits per heavy atom. The van der Waals surface area contributed by atoms with E-state index in [4.69, 9.17) is 8.83 Å². The fraction of sp³-hybridized carbons (Fsp3) is 0.250. The molecule has 4 nitrogen and oxygen atoms in total. The first kappa shape index (κ1) is 12.0. The van der Waals surface area contributed by atoms with Gasteiger partial charge in [-0.1, -0.05) is 0 Å². The van der Waals surface area contributed by atoms with Gasteiger partial charge in [-0.25, -0.2) is 0 Å². The van der Waals surface area contributed by atoms with Crippen LogP contribution in [-0.2, 0) is 6.54 Å². The summed E-state index contributed by atoms with van der Waals surface area (Å²) in [6, 6.07) is 5.38. The standard InChI is InChI=1S/C12H12BrNO3/c1-8-3-4-9(17-8)7-14(2)12(15)10-5-6-16-11(10)13/h3-6H,7H2,1-2H3. The van der Waals surface area contributed by atoms with Gasteiger partial charge in [-0.05, 0) is 41.1 Å². The number of nitrogens with zero attached hydrogens (tertiary/aromatic N) is 1. The molecular formula is C12H12BrNO3. The number of hydrogen-bond donors (Lipinski definition) is 0. The van der Waals surface area contributed by atoms with Crippen molar-refractivity contribution in [3.63, 3.8) is 0 Å². The summed E-state index contributed by atoms with van der Waals surface area (Å²) in [5.74, 6) is 1.49. The topological polar surface area (TPSA) is 46.6 Å². The molecule has 5 heteroatoms. The molecule has 0 fully saturated rings. The van der Waals surface area contributed by atoms with Crippen LogP contribution in [0.2, 0.25) is 0 Å². The van der Waals surface area contributed by atoms with Crippen LogP contribution in [0.5, 0.6) is 0 Å². The van der Waals surface area contributed by atoms with Crippen molar-refractivity contribution in [3.8, 4) is 0 Å². The monoisotopic (exact) mass is 297 g/mol. The Labute approximate surface area is 107 Å². The summed E-state index contributed by atoms with van der Waals surface area (Å²) in [4.78, 5) is 13.6. The van der Waals surface area contributed by atoms with Crippen LogP contribution in [0.4, 0.5) is 0 Å².